The van der Waals surface area contributed by atoms with Crippen LogP contribution in [0.4, 0.5) is 5.82 Å². The van der Waals surface area contributed by atoms with Gasteiger partial charge in [-0.1, -0.05) is 30.0 Å². The monoisotopic (exact) mass is 458 g/mol. The lowest BCUT2D eigenvalue weighted by Gasteiger charge is -2.29. The molecule has 1 unspecified atom stereocenters. The van der Waals surface area contributed by atoms with Gasteiger partial charge in [-0.15, -0.1) is 0 Å². The summed E-state index contributed by atoms with van der Waals surface area (Å²) in [7, 11) is 0. The van der Waals surface area contributed by atoms with Crippen molar-refractivity contribution in [2.24, 2.45) is 0 Å². The summed E-state index contributed by atoms with van der Waals surface area (Å²) in [4.78, 5) is 35.3. The quantitative estimate of drug-likeness (QED) is 0.508. The first kappa shape index (κ1) is 20.6. The summed E-state index contributed by atoms with van der Waals surface area (Å²) in [5.41, 5.74) is 0.747. The molecule has 3 aliphatic heterocycles. The molecule has 0 aliphatic carbocycles. The summed E-state index contributed by atoms with van der Waals surface area (Å²) in [5.74, 6) is 0.389. The average molecular weight is 459 g/mol. The van der Waals surface area contributed by atoms with Crippen molar-refractivity contribution >= 4 is 51.7 Å². The van der Waals surface area contributed by atoms with Gasteiger partial charge in [-0.05, 0) is 31.1 Å². The lowest BCUT2D eigenvalue weighted by molar-refractivity contribution is -0.123. The van der Waals surface area contributed by atoms with E-state index in [1.807, 2.05) is 11.0 Å². The van der Waals surface area contributed by atoms with Crippen LogP contribution in [0.1, 0.15) is 18.4 Å². The van der Waals surface area contributed by atoms with Crippen LogP contribution in [0, 0.1) is 0 Å². The number of fused-ring (bicyclic) bond motifs is 1. The SMILES string of the molecule is O=C1C(=Cc2c(N3CCOCC3)nc3ccccn3c2=O)SC(=S)N1CC1CCCO1. The Kier molecular flexibility index (Phi) is 5.79. The molecule has 0 spiro atoms. The van der Waals surface area contributed by atoms with Gasteiger partial charge in [0.2, 0.25) is 0 Å². The van der Waals surface area contributed by atoms with Crippen LogP contribution in [-0.2, 0) is 14.3 Å². The number of carbonyl (C=O) groups is 1. The maximum atomic E-state index is 13.4. The van der Waals surface area contributed by atoms with Crippen molar-refractivity contribution in [2.75, 3.05) is 44.4 Å². The first-order valence-corrected chi connectivity index (χ1v) is 11.6. The molecule has 10 heteroatoms. The summed E-state index contributed by atoms with van der Waals surface area (Å²) in [6.07, 6.45) is 5.27. The number of rotatable bonds is 4. The van der Waals surface area contributed by atoms with Crippen molar-refractivity contribution in [2.45, 2.75) is 18.9 Å². The fourth-order valence-corrected chi connectivity index (χ4v) is 5.27. The summed E-state index contributed by atoms with van der Waals surface area (Å²) in [6.45, 7) is 3.58. The summed E-state index contributed by atoms with van der Waals surface area (Å²) < 4.78 is 13.1. The highest BCUT2D eigenvalue weighted by molar-refractivity contribution is 8.26. The van der Waals surface area contributed by atoms with Gasteiger partial charge >= 0.3 is 0 Å². The van der Waals surface area contributed by atoms with E-state index >= 15 is 0 Å². The average Bonchev–Trinajstić information content (AvgIpc) is 3.40. The maximum Gasteiger partial charge on any atom is 0.267 e. The molecule has 0 saturated carbocycles. The van der Waals surface area contributed by atoms with Gasteiger partial charge in [-0.2, -0.15) is 0 Å². The van der Waals surface area contributed by atoms with Gasteiger partial charge in [-0.25, -0.2) is 4.98 Å². The van der Waals surface area contributed by atoms with Crippen LogP contribution in [-0.4, -0.2) is 70.1 Å². The Morgan fingerprint density at radius 1 is 1.23 bits per heavy atom. The molecule has 3 saturated heterocycles. The highest BCUT2D eigenvalue weighted by atomic mass is 32.2. The molecule has 31 heavy (non-hydrogen) atoms. The Morgan fingerprint density at radius 2 is 2.06 bits per heavy atom. The van der Waals surface area contributed by atoms with E-state index in [1.54, 1.807) is 29.3 Å². The molecule has 2 aromatic heterocycles. The third-order valence-electron chi connectivity index (χ3n) is 5.62. The van der Waals surface area contributed by atoms with Gasteiger partial charge in [0.05, 0.1) is 36.3 Å². The zero-order valence-corrected chi connectivity index (χ0v) is 18.5. The fraction of sp³-hybridized carbons (Fsp3) is 0.429. The highest BCUT2D eigenvalue weighted by Crippen LogP contribution is 2.34. The minimum atomic E-state index is -0.212. The predicted octanol–water partition coefficient (Wildman–Crippen LogP) is 1.91. The first-order chi connectivity index (χ1) is 15.1. The first-order valence-electron chi connectivity index (χ1n) is 10.3. The van der Waals surface area contributed by atoms with E-state index in [0.717, 1.165) is 19.4 Å². The minimum absolute atomic E-state index is 0.0127. The molecule has 162 valence electrons. The third kappa shape index (κ3) is 4.00. The molecule has 3 fully saturated rings. The number of anilines is 1. The van der Waals surface area contributed by atoms with E-state index in [2.05, 4.69) is 0 Å². The molecule has 0 aromatic carbocycles. The predicted molar refractivity (Wildman–Crippen MR) is 123 cm³/mol. The Morgan fingerprint density at radius 3 is 2.84 bits per heavy atom. The lowest BCUT2D eigenvalue weighted by Crippen LogP contribution is -2.38. The van der Waals surface area contributed by atoms with Crippen molar-refractivity contribution in [3.63, 3.8) is 0 Å². The van der Waals surface area contributed by atoms with Gasteiger partial charge in [0, 0.05) is 25.9 Å². The van der Waals surface area contributed by atoms with E-state index in [1.165, 1.54) is 16.2 Å². The number of thiocarbonyl (C=S) groups is 1. The van der Waals surface area contributed by atoms with Crippen LogP contribution in [0.2, 0.25) is 0 Å². The molecule has 8 nitrogen and oxygen atoms in total. The number of amides is 1. The molecule has 0 radical (unpaired) electrons. The highest BCUT2D eigenvalue weighted by Gasteiger charge is 2.35. The van der Waals surface area contributed by atoms with Gasteiger partial charge in [0.25, 0.3) is 11.5 Å². The minimum Gasteiger partial charge on any atom is -0.378 e. The Balaban J connectivity index is 1.55. The zero-order valence-electron chi connectivity index (χ0n) is 16.9. The number of hydrogen-bond donors (Lipinski definition) is 0. The van der Waals surface area contributed by atoms with Crippen LogP contribution < -0.4 is 10.5 Å². The van der Waals surface area contributed by atoms with Crippen LogP contribution in [0.5, 0.6) is 0 Å². The number of hydrogen-bond acceptors (Lipinski definition) is 8. The van der Waals surface area contributed by atoms with Crippen molar-refractivity contribution in [3.05, 3.63) is 45.2 Å². The van der Waals surface area contributed by atoms with Crippen LogP contribution >= 0.6 is 24.0 Å². The van der Waals surface area contributed by atoms with E-state index < -0.39 is 0 Å². The second-order valence-corrected chi connectivity index (χ2v) is 9.29. The second kappa shape index (κ2) is 8.70. The van der Waals surface area contributed by atoms with Gasteiger partial charge < -0.3 is 14.4 Å². The number of ether oxygens (including phenoxy) is 2. The normalized spacial score (nSPS) is 23.5. The smallest absolute Gasteiger partial charge is 0.267 e. The van der Waals surface area contributed by atoms with Crippen molar-refractivity contribution < 1.29 is 14.3 Å². The van der Waals surface area contributed by atoms with Crippen LogP contribution in [0.15, 0.2) is 34.1 Å². The maximum absolute atomic E-state index is 13.4. The fourth-order valence-electron chi connectivity index (χ4n) is 4.01. The van der Waals surface area contributed by atoms with Gasteiger partial charge in [0.15, 0.2) is 0 Å². The number of morpholine rings is 1. The summed E-state index contributed by atoms with van der Waals surface area (Å²) in [5, 5.41) is 0. The standard InChI is InChI=1S/C21H22N4O4S2/c26-19-15(12-16-20(27)25(21(30)31-16)13-14-4-3-9-29-14)18(23-7-10-28-11-8-23)22-17-5-1-2-6-24(17)19/h1-2,5-6,12,14H,3-4,7-11,13H2. The molecule has 0 N–H and O–H groups in total. The molecule has 5 heterocycles. The van der Waals surface area contributed by atoms with Crippen LogP contribution in [0.3, 0.4) is 0 Å². The number of pyridine rings is 1. The largest absolute Gasteiger partial charge is 0.378 e. The lowest BCUT2D eigenvalue weighted by atomic mass is 10.2. The number of nitrogens with zero attached hydrogens (tertiary/aromatic N) is 4. The molecule has 1 atom stereocenters. The molecule has 2 aromatic rings. The van der Waals surface area contributed by atoms with E-state index in [0.29, 0.717) is 59.1 Å². The third-order valence-corrected chi connectivity index (χ3v) is 7.00. The van der Waals surface area contributed by atoms with Gasteiger partial charge in [0.1, 0.15) is 15.8 Å². The number of aromatic nitrogens is 2. The number of thioether (sulfide) groups is 1. The molecule has 3 aliphatic rings. The van der Waals surface area contributed by atoms with E-state index in [9.17, 15) is 9.59 Å². The molecule has 0 bridgehead atoms. The second-order valence-electron chi connectivity index (χ2n) is 7.61. The van der Waals surface area contributed by atoms with Crippen LogP contribution in [0.25, 0.3) is 11.7 Å². The van der Waals surface area contributed by atoms with Crippen molar-refractivity contribution in [1.82, 2.24) is 14.3 Å². The summed E-state index contributed by atoms with van der Waals surface area (Å²) in [6, 6.07) is 5.44. The van der Waals surface area contributed by atoms with E-state index in [4.69, 9.17) is 26.7 Å². The Bertz CT molecular complexity index is 1120. The summed E-state index contributed by atoms with van der Waals surface area (Å²) >= 11 is 6.68. The molecule has 5 rings (SSSR count). The zero-order chi connectivity index (χ0) is 21.4. The number of carbonyl (C=O) groups excluding carboxylic acids is 1. The Hall–Kier alpha value is -2.27. The van der Waals surface area contributed by atoms with Gasteiger partial charge in [-0.3, -0.25) is 18.9 Å². The van der Waals surface area contributed by atoms with E-state index in [-0.39, 0.29) is 17.6 Å². The van der Waals surface area contributed by atoms with Crippen molar-refractivity contribution in [3.8, 4) is 0 Å². The molecule has 1 amide bonds. The molecular formula is C21H22N4O4S2. The van der Waals surface area contributed by atoms with Crippen molar-refractivity contribution in [1.29, 1.82) is 0 Å². The molecular weight excluding hydrogens is 436 g/mol. The topological polar surface area (TPSA) is 76.4 Å². The Labute approximate surface area is 188 Å².